The number of aliphatic hydroxyl groups excluding tert-OH is 11. The van der Waals surface area contributed by atoms with Crippen LogP contribution in [0.3, 0.4) is 0 Å². The van der Waals surface area contributed by atoms with Gasteiger partial charge in [0.05, 0.1) is 38.6 Å². The fourth-order valence-corrected chi connectivity index (χ4v) is 11.9. The van der Waals surface area contributed by atoms with Crippen molar-refractivity contribution in [3.8, 4) is 0 Å². The minimum absolute atomic E-state index is 0.224. The summed E-state index contributed by atoms with van der Waals surface area (Å²) in [6.07, 6.45) is 48.0. The summed E-state index contributed by atoms with van der Waals surface area (Å²) in [4.78, 5) is 13.4. The average Bonchev–Trinajstić information content (AvgIpc) is 0.786. The largest absolute Gasteiger partial charge is 0.394 e. The van der Waals surface area contributed by atoms with Gasteiger partial charge in [0.25, 0.3) is 0 Å². The zero-order valence-electron chi connectivity index (χ0n) is 58.1. The Kier molecular flexibility index (Phi) is 51.1. The van der Waals surface area contributed by atoms with E-state index in [1.54, 1.807) is 6.08 Å². The number of carbonyl (C=O) groups excluding carboxylic acids is 1. The standard InChI is InChI=1S/C76H131NO18/c1-3-5-7-9-11-13-15-17-19-21-23-25-26-27-28-29-30-31-32-34-36-38-40-42-44-46-48-50-52-54-64(82)77-59(60(81)53-51-49-47-45-43-41-39-37-35-33-24-22-20-18-16-14-12-10-8-6-4-2)58-90-74-70(88)67(85)72(62(56-79)92-74)95-76-71(89)68(86)73(63(57-80)93-76)94-75-69(87)66(84)65(83)61(55-78)91-75/h5,7,11,13,17,19,23,25,27-28,30-31,43,45,51,53,59-63,65-76,78-81,83-89H,3-4,6,8-10,12,14-16,18,20-22,24,26,29,32-42,44,46-50,52,54-58H2,1-2H3,(H,77,82)/b7-5-,13-11-,19-17-,25-23-,28-27-,31-30-,45-43+,53-51+. The first-order chi connectivity index (χ1) is 46.3. The Morgan fingerprint density at radius 3 is 1.18 bits per heavy atom. The number of ether oxygens (including phenoxy) is 6. The molecule has 95 heavy (non-hydrogen) atoms. The molecule has 17 unspecified atom stereocenters. The average molecular weight is 1350 g/mol. The molecule has 12 N–H and O–H groups in total. The van der Waals surface area contributed by atoms with Crippen LogP contribution in [0.5, 0.6) is 0 Å². The Labute approximate surface area is 571 Å². The summed E-state index contributed by atoms with van der Waals surface area (Å²) >= 11 is 0. The molecule has 0 aliphatic carbocycles. The minimum Gasteiger partial charge on any atom is -0.394 e. The fraction of sp³-hybridized carbons (Fsp3) is 0.776. The molecule has 19 heteroatoms. The fourth-order valence-electron chi connectivity index (χ4n) is 11.9. The number of aliphatic hydroxyl groups is 11. The van der Waals surface area contributed by atoms with Crippen LogP contribution in [0.2, 0.25) is 0 Å². The monoisotopic (exact) mass is 1350 g/mol. The van der Waals surface area contributed by atoms with E-state index in [-0.39, 0.29) is 18.9 Å². The minimum atomic E-state index is -1.99. The molecule has 3 saturated heterocycles. The van der Waals surface area contributed by atoms with Gasteiger partial charge in [0, 0.05) is 6.42 Å². The lowest BCUT2D eigenvalue weighted by atomic mass is 9.96. The molecule has 19 nitrogen and oxygen atoms in total. The molecule has 548 valence electrons. The Morgan fingerprint density at radius 1 is 0.389 bits per heavy atom. The maximum atomic E-state index is 13.4. The molecular formula is C76H131NO18. The van der Waals surface area contributed by atoms with Crippen molar-refractivity contribution in [1.82, 2.24) is 5.32 Å². The van der Waals surface area contributed by atoms with Crippen molar-refractivity contribution < 1.29 is 89.4 Å². The third-order valence-corrected chi connectivity index (χ3v) is 17.9. The lowest BCUT2D eigenvalue weighted by Crippen LogP contribution is -2.66. The molecule has 0 aromatic heterocycles. The van der Waals surface area contributed by atoms with E-state index in [1.165, 1.54) is 122 Å². The molecule has 3 aliphatic heterocycles. The van der Waals surface area contributed by atoms with E-state index in [1.807, 2.05) is 6.08 Å². The van der Waals surface area contributed by atoms with Crippen molar-refractivity contribution in [2.45, 2.75) is 349 Å². The molecule has 17 atom stereocenters. The van der Waals surface area contributed by atoms with Crippen molar-refractivity contribution in [3.63, 3.8) is 0 Å². The van der Waals surface area contributed by atoms with Gasteiger partial charge in [-0.3, -0.25) is 4.79 Å². The highest BCUT2D eigenvalue weighted by Crippen LogP contribution is 2.33. The summed E-state index contributed by atoms with van der Waals surface area (Å²) in [5.41, 5.74) is 0. The molecule has 3 fully saturated rings. The van der Waals surface area contributed by atoms with E-state index in [0.29, 0.717) is 12.8 Å². The van der Waals surface area contributed by atoms with Crippen molar-refractivity contribution in [1.29, 1.82) is 0 Å². The summed E-state index contributed by atoms with van der Waals surface area (Å²) in [5, 5.41) is 121. The number of rotatable bonds is 56. The van der Waals surface area contributed by atoms with Crippen LogP contribution in [-0.4, -0.2) is 193 Å². The molecule has 0 aromatic carbocycles. The van der Waals surface area contributed by atoms with Crippen molar-refractivity contribution in [2.75, 3.05) is 26.4 Å². The topological polar surface area (TPSA) is 307 Å². The lowest BCUT2D eigenvalue weighted by molar-refractivity contribution is -0.379. The molecule has 1 amide bonds. The summed E-state index contributed by atoms with van der Waals surface area (Å²) < 4.78 is 34.4. The highest BCUT2D eigenvalue weighted by molar-refractivity contribution is 5.76. The van der Waals surface area contributed by atoms with Gasteiger partial charge >= 0.3 is 0 Å². The van der Waals surface area contributed by atoms with Gasteiger partial charge < -0.3 is 89.9 Å². The Hall–Kier alpha value is -3.29. The van der Waals surface area contributed by atoms with E-state index in [9.17, 15) is 61.0 Å². The van der Waals surface area contributed by atoms with Gasteiger partial charge in [-0.2, -0.15) is 0 Å². The van der Waals surface area contributed by atoms with Crippen LogP contribution in [0.15, 0.2) is 97.2 Å². The summed E-state index contributed by atoms with van der Waals surface area (Å²) in [5.74, 6) is -0.293. The molecule has 0 saturated carbocycles. The van der Waals surface area contributed by atoms with E-state index in [0.717, 1.165) is 89.9 Å². The smallest absolute Gasteiger partial charge is 0.220 e. The first kappa shape index (κ1) is 85.9. The maximum Gasteiger partial charge on any atom is 0.220 e. The Balaban J connectivity index is 1.42. The van der Waals surface area contributed by atoms with E-state index < -0.39 is 124 Å². The predicted octanol–water partition coefficient (Wildman–Crippen LogP) is 10.8. The van der Waals surface area contributed by atoms with E-state index in [2.05, 4.69) is 104 Å². The van der Waals surface area contributed by atoms with Crippen molar-refractivity contribution in [2.24, 2.45) is 0 Å². The second kappa shape index (κ2) is 56.5. The van der Waals surface area contributed by atoms with Crippen LogP contribution in [-0.2, 0) is 33.2 Å². The second-order valence-electron chi connectivity index (χ2n) is 26.0. The van der Waals surface area contributed by atoms with Crippen LogP contribution in [0.1, 0.15) is 245 Å². The third kappa shape index (κ3) is 37.6. The van der Waals surface area contributed by atoms with E-state index >= 15 is 0 Å². The van der Waals surface area contributed by atoms with Gasteiger partial charge in [0.2, 0.25) is 5.91 Å². The molecule has 0 spiro atoms. The van der Waals surface area contributed by atoms with Crippen LogP contribution in [0.4, 0.5) is 0 Å². The van der Waals surface area contributed by atoms with Gasteiger partial charge in [-0.25, -0.2) is 0 Å². The number of hydrogen-bond donors (Lipinski definition) is 12. The molecule has 3 rings (SSSR count). The van der Waals surface area contributed by atoms with Crippen LogP contribution in [0, 0.1) is 0 Å². The lowest BCUT2D eigenvalue weighted by Gasteiger charge is -2.48. The Bertz CT molecular complexity index is 2100. The van der Waals surface area contributed by atoms with Crippen molar-refractivity contribution in [3.05, 3.63) is 97.2 Å². The van der Waals surface area contributed by atoms with Gasteiger partial charge in [0.1, 0.15) is 73.2 Å². The van der Waals surface area contributed by atoms with Crippen LogP contribution in [0.25, 0.3) is 0 Å². The maximum absolute atomic E-state index is 13.4. The normalized spacial score (nSPS) is 27.8. The van der Waals surface area contributed by atoms with Gasteiger partial charge in [0.15, 0.2) is 18.9 Å². The molecular weight excluding hydrogens is 1210 g/mol. The van der Waals surface area contributed by atoms with Gasteiger partial charge in [-0.1, -0.05) is 252 Å². The predicted molar refractivity (Wildman–Crippen MR) is 374 cm³/mol. The number of hydrogen-bond acceptors (Lipinski definition) is 18. The molecule has 0 bridgehead atoms. The molecule has 0 aromatic rings. The van der Waals surface area contributed by atoms with Crippen LogP contribution < -0.4 is 5.32 Å². The van der Waals surface area contributed by atoms with Gasteiger partial charge in [-0.15, -0.1) is 0 Å². The highest BCUT2D eigenvalue weighted by atomic mass is 16.8. The number of unbranched alkanes of at least 4 members (excludes halogenated alkanes) is 26. The zero-order chi connectivity index (χ0) is 68.9. The molecule has 0 radical (unpaired) electrons. The first-order valence-electron chi connectivity index (χ1n) is 37.0. The third-order valence-electron chi connectivity index (χ3n) is 17.9. The number of amides is 1. The number of allylic oxidation sites excluding steroid dienone is 15. The van der Waals surface area contributed by atoms with Crippen LogP contribution >= 0.6 is 0 Å². The molecule has 3 heterocycles. The molecule has 3 aliphatic rings. The number of nitrogens with one attached hydrogen (secondary N) is 1. The summed E-state index contributed by atoms with van der Waals surface area (Å²) in [7, 11) is 0. The quantitative estimate of drug-likeness (QED) is 0.0199. The van der Waals surface area contributed by atoms with Gasteiger partial charge in [-0.05, 0) is 83.5 Å². The summed E-state index contributed by atoms with van der Waals surface area (Å²) in [6, 6.07) is -1.000. The second-order valence-corrected chi connectivity index (χ2v) is 26.0. The van der Waals surface area contributed by atoms with Crippen molar-refractivity contribution >= 4 is 5.91 Å². The SMILES string of the molecule is CC/C=C\C/C=C\C/C=C\C/C=C\C/C=C\C/C=C\CCCCCCCCCCCCC(=O)NC(COC1OC(CO)C(OC2OC(CO)C(OC3OC(CO)C(O)C(O)C3O)C(O)C2O)C(O)C1O)C(O)/C=C/CC/C=C/CCCCCCCCCCCCCCCCC. The number of carbonyl (C=O) groups is 1. The summed E-state index contributed by atoms with van der Waals surface area (Å²) in [6.45, 7) is 1.60. The zero-order valence-corrected chi connectivity index (χ0v) is 58.1. The van der Waals surface area contributed by atoms with E-state index in [4.69, 9.17) is 28.4 Å². The highest BCUT2D eigenvalue weighted by Gasteiger charge is 2.53. The first-order valence-corrected chi connectivity index (χ1v) is 37.0. The Morgan fingerprint density at radius 2 is 0.737 bits per heavy atom.